The number of halogens is 1. The number of hydrogen-bond acceptors (Lipinski definition) is 7. The molecule has 0 N–H and O–H groups in total. The van der Waals surface area contributed by atoms with Crippen molar-refractivity contribution in [3.8, 4) is 16.5 Å². The summed E-state index contributed by atoms with van der Waals surface area (Å²) in [6.07, 6.45) is 0.829. The molecule has 0 atom stereocenters. The molecule has 1 aromatic carbocycles. The molecule has 28 heavy (non-hydrogen) atoms. The van der Waals surface area contributed by atoms with E-state index >= 15 is 0 Å². The van der Waals surface area contributed by atoms with E-state index in [1.165, 1.54) is 11.3 Å². The van der Waals surface area contributed by atoms with E-state index in [2.05, 4.69) is 14.8 Å². The molecule has 0 aliphatic heterocycles. The maximum absolute atomic E-state index is 11.4. The molecule has 0 saturated heterocycles. The molecule has 0 unspecified atom stereocenters. The lowest BCUT2D eigenvalue weighted by Crippen LogP contribution is -2.06. The molecule has 0 aliphatic carbocycles. The van der Waals surface area contributed by atoms with Gasteiger partial charge in [-0.2, -0.15) is 4.89 Å². The predicted molar refractivity (Wildman–Crippen MR) is 106 cm³/mol. The topological polar surface area (TPSA) is 70.8 Å². The Hall–Kier alpha value is -2.35. The number of benzene rings is 1. The zero-order chi connectivity index (χ0) is 19.9. The molecule has 0 aliphatic rings. The lowest BCUT2D eigenvalue weighted by atomic mass is 10.1. The van der Waals surface area contributed by atoms with Gasteiger partial charge in [-0.25, -0.2) is 9.78 Å². The Morgan fingerprint density at radius 3 is 2.68 bits per heavy atom. The van der Waals surface area contributed by atoms with Crippen molar-refractivity contribution in [2.75, 3.05) is 6.61 Å². The highest BCUT2D eigenvalue weighted by molar-refractivity contribution is 7.19. The minimum absolute atomic E-state index is 0.258. The molecule has 148 valence electrons. The van der Waals surface area contributed by atoms with Crippen LogP contribution in [0.4, 0.5) is 0 Å². The first kappa shape index (κ1) is 20.4. The molecule has 0 fully saturated rings. The summed E-state index contributed by atoms with van der Waals surface area (Å²) >= 11 is 7.38. The average Bonchev–Trinajstić information content (AvgIpc) is 3.29. The van der Waals surface area contributed by atoms with Crippen molar-refractivity contribution in [1.29, 1.82) is 0 Å². The molecule has 0 bridgehead atoms. The first-order valence-corrected chi connectivity index (χ1v) is 10.0. The van der Waals surface area contributed by atoms with Crippen LogP contribution in [0.2, 0.25) is 4.34 Å². The fourth-order valence-electron chi connectivity index (χ4n) is 2.41. The van der Waals surface area contributed by atoms with Crippen LogP contribution in [0.5, 0.6) is 5.75 Å². The normalized spacial score (nSPS) is 10.8. The van der Waals surface area contributed by atoms with E-state index < -0.39 is 0 Å². The molecule has 6 nitrogen and oxygen atoms in total. The van der Waals surface area contributed by atoms with E-state index in [9.17, 15) is 4.79 Å². The van der Waals surface area contributed by atoms with Gasteiger partial charge in [-0.15, -0.1) is 11.3 Å². The molecule has 0 spiro atoms. The number of rotatable bonds is 9. The summed E-state index contributed by atoms with van der Waals surface area (Å²) < 4.78 is 12.2. The Balaban J connectivity index is 1.52. The molecule has 3 aromatic rings. The molecule has 0 saturated carbocycles. The van der Waals surface area contributed by atoms with Gasteiger partial charge in [0, 0.05) is 0 Å². The second kappa shape index (κ2) is 9.73. The van der Waals surface area contributed by atoms with Gasteiger partial charge in [-0.1, -0.05) is 23.7 Å². The smallest absolute Gasteiger partial charge is 0.342 e. The number of thiophene rings is 1. The quantitative estimate of drug-likeness (QED) is 0.341. The molecular weight excluding hydrogens is 402 g/mol. The number of ether oxygens (including phenoxy) is 1. The first-order valence-electron chi connectivity index (χ1n) is 8.81. The predicted octanol–water partition coefficient (Wildman–Crippen LogP) is 5.37. The summed E-state index contributed by atoms with van der Waals surface area (Å²) in [6.45, 7) is 4.25. The fraction of sp³-hybridized carbons (Fsp3) is 0.300. The van der Waals surface area contributed by atoms with Gasteiger partial charge in [0.05, 0.1) is 22.2 Å². The maximum Gasteiger partial charge on any atom is 0.342 e. The Labute approximate surface area is 171 Å². The van der Waals surface area contributed by atoms with Gasteiger partial charge in [0.25, 0.3) is 0 Å². The molecule has 2 aromatic heterocycles. The second-order valence-electron chi connectivity index (χ2n) is 5.92. The van der Waals surface area contributed by atoms with Gasteiger partial charge < -0.3 is 9.15 Å². The minimum Gasteiger partial charge on any atom is -0.487 e. The van der Waals surface area contributed by atoms with Crippen LogP contribution in [0.1, 0.15) is 30.4 Å². The lowest BCUT2D eigenvalue weighted by Gasteiger charge is -2.06. The summed E-state index contributed by atoms with van der Waals surface area (Å²) in [7, 11) is 0. The Morgan fingerprint density at radius 1 is 1.21 bits per heavy atom. The van der Waals surface area contributed by atoms with E-state index in [4.69, 9.17) is 20.8 Å². The van der Waals surface area contributed by atoms with E-state index in [-0.39, 0.29) is 12.4 Å². The standard InChI is InChI=1S/C20H20ClNO5S/c1-3-25-27-19(23)11-6-14-4-7-15(8-5-14)24-12-16-13(2)26-20(22-16)17-9-10-18(21)28-17/h4-5,7-10H,3,6,11-12H2,1-2H3. The van der Waals surface area contributed by atoms with Crippen LogP contribution in [0, 0.1) is 6.92 Å². The van der Waals surface area contributed by atoms with Gasteiger partial charge in [0.2, 0.25) is 5.89 Å². The molecule has 0 radical (unpaired) electrons. The Bertz CT molecular complexity index is 919. The van der Waals surface area contributed by atoms with Gasteiger partial charge >= 0.3 is 5.97 Å². The molecule has 2 heterocycles. The summed E-state index contributed by atoms with van der Waals surface area (Å²) in [4.78, 5) is 26.0. The third kappa shape index (κ3) is 5.58. The van der Waals surface area contributed by atoms with Crippen LogP contribution in [0.3, 0.4) is 0 Å². The number of aryl methyl sites for hydroxylation is 2. The van der Waals surface area contributed by atoms with Crippen molar-refractivity contribution in [3.05, 3.63) is 57.8 Å². The van der Waals surface area contributed by atoms with Crippen molar-refractivity contribution in [1.82, 2.24) is 4.98 Å². The van der Waals surface area contributed by atoms with Crippen molar-refractivity contribution in [2.45, 2.75) is 33.3 Å². The van der Waals surface area contributed by atoms with Crippen LogP contribution in [0.15, 0.2) is 40.8 Å². The second-order valence-corrected chi connectivity index (χ2v) is 7.64. The van der Waals surface area contributed by atoms with Gasteiger partial charge in [-0.3, -0.25) is 4.89 Å². The first-order chi connectivity index (χ1) is 13.5. The monoisotopic (exact) mass is 421 g/mol. The summed E-state index contributed by atoms with van der Waals surface area (Å²) in [6, 6.07) is 11.2. The van der Waals surface area contributed by atoms with Crippen LogP contribution < -0.4 is 4.74 Å². The van der Waals surface area contributed by atoms with Crippen molar-refractivity contribution in [2.24, 2.45) is 0 Å². The molecular formula is C20H20ClNO5S. The number of hydrogen-bond donors (Lipinski definition) is 0. The number of carbonyl (C=O) groups excluding carboxylic acids is 1. The summed E-state index contributed by atoms with van der Waals surface area (Å²) in [5.74, 6) is 1.58. The lowest BCUT2D eigenvalue weighted by molar-refractivity contribution is -0.269. The number of oxazole rings is 1. The molecule has 3 rings (SSSR count). The molecule has 0 amide bonds. The highest BCUT2D eigenvalue weighted by atomic mass is 35.5. The maximum atomic E-state index is 11.4. The van der Waals surface area contributed by atoms with Crippen LogP contribution >= 0.6 is 22.9 Å². The van der Waals surface area contributed by atoms with Gasteiger partial charge in [0.1, 0.15) is 23.8 Å². The fourth-order valence-corrected chi connectivity index (χ4v) is 3.38. The van der Waals surface area contributed by atoms with Crippen LogP contribution in [-0.2, 0) is 27.6 Å². The SMILES string of the molecule is CCOOC(=O)CCc1ccc(OCc2nc(-c3ccc(Cl)s3)oc2C)cc1. The Kier molecular flexibility index (Phi) is 7.08. The molecule has 8 heteroatoms. The van der Waals surface area contributed by atoms with Crippen LogP contribution in [-0.4, -0.2) is 17.6 Å². The van der Waals surface area contributed by atoms with E-state index in [1.54, 1.807) is 6.92 Å². The summed E-state index contributed by atoms with van der Waals surface area (Å²) in [5, 5.41) is 0. The minimum atomic E-state index is -0.383. The van der Waals surface area contributed by atoms with E-state index in [0.29, 0.717) is 41.4 Å². The number of carbonyl (C=O) groups is 1. The van der Waals surface area contributed by atoms with Crippen molar-refractivity contribution >= 4 is 28.9 Å². The van der Waals surface area contributed by atoms with Crippen molar-refractivity contribution < 1.29 is 23.7 Å². The highest BCUT2D eigenvalue weighted by Crippen LogP contribution is 2.31. The largest absolute Gasteiger partial charge is 0.487 e. The zero-order valence-electron chi connectivity index (χ0n) is 15.6. The van der Waals surface area contributed by atoms with Gasteiger partial charge in [-0.05, 0) is 50.1 Å². The van der Waals surface area contributed by atoms with Crippen molar-refractivity contribution in [3.63, 3.8) is 0 Å². The Morgan fingerprint density at radius 2 is 2.00 bits per heavy atom. The van der Waals surface area contributed by atoms with E-state index in [0.717, 1.165) is 16.1 Å². The highest BCUT2D eigenvalue weighted by Gasteiger charge is 2.14. The number of nitrogens with zero attached hydrogens (tertiary/aromatic N) is 1. The number of aromatic nitrogens is 1. The third-order valence-corrected chi connectivity index (χ3v) is 5.08. The zero-order valence-corrected chi connectivity index (χ0v) is 17.1. The van der Waals surface area contributed by atoms with E-state index in [1.807, 2.05) is 43.3 Å². The summed E-state index contributed by atoms with van der Waals surface area (Å²) in [5.41, 5.74) is 1.75. The third-order valence-electron chi connectivity index (χ3n) is 3.86. The van der Waals surface area contributed by atoms with Crippen LogP contribution in [0.25, 0.3) is 10.8 Å². The average molecular weight is 422 g/mol. The van der Waals surface area contributed by atoms with Gasteiger partial charge in [0.15, 0.2) is 0 Å².